The van der Waals surface area contributed by atoms with Crippen LogP contribution in [0.15, 0.2) is 24.4 Å². The molecule has 154 valence electrons. The third kappa shape index (κ3) is 4.11. The first-order valence-electron chi connectivity index (χ1n) is 10.1. The number of fused-ring (bicyclic) bond motifs is 1. The summed E-state index contributed by atoms with van der Waals surface area (Å²) in [6, 6.07) is 5.55. The topological polar surface area (TPSA) is 80.6 Å². The van der Waals surface area contributed by atoms with Gasteiger partial charge in [-0.1, -0.05) is 6.07 Å². The van der Waals surface area contributed by atoms with Crippen molar-refractivity contribution in [1.82, 2.24) is 24.6 Å². The second-order valence-electron chi connectivity index (χ2n) is 7.74. The van der Waals surface area contributed by atoms with Crippen molar-refractivity contribution < 1.29 is 14.3 Å². The smallest absolute Gasteiger partial charge is 0.226 e. The van der Waals surface area contributed by atoms with Crippen LogP contribution >= 0.6 is 0 Å². The summed E-state index contributed by atoms with van der Waals surface area (Å²) in [6.45, 7) is 4.53. The number of amides is 2. The Labute approximate surface area is 170 Å². The van der Waals surface area contributed by atoms with Crippen LogP contribution in [0.4, 0.5) is 0 Å². The Morgan fingerprint density at radius 1 is 1.17 bits per heavy atom. The molecule has 1 fully saturated rings. The Hall–Kier alpha value is -2.90. The van der Waals surface area contributed by atoms with Gasteiger partial charge < -0.3 is 14.5 Å². The quantitative estimate of drug-likeness (QED) is 0.782. The second kappa shape index (κ2) is 8.23. The monoisotopic (exact) mass is 397 g/mol. The van der Waals surface area contributed by atoms with E-state index in [0.29, 0.717) is 38.7 Å². The van der Waals surface area contributed by atoms with Crippen LogP contribution in [-0.4, -0.2) is 56.0 Å². The number of piperidine rings is 1. The summed E-state index contributed by atoms with van der Waals surface area (Å²) >= 11 is 0. The predicted molar refractivity (Wildman–Crippen MR) is 106 cm³/mol. The van der Waals surface area contributed by atoms with Crippen LogP contribution in [0.5, 0.6) is 5.88 Å². The van der Waals surface area contributed by atoms with Gasteiger partial charge in [0.1, 0.15) is 12.3 Å². The lowest BCUT2D eigenvalue weighted by Crippen LogP contribution is -2.45. The number of nitrogens with zero attached hydrogens (tertiary/aromatic N) is 5. The summed E-state index contributed by atoms with van der Waals surface area (Å²) in [7, 11) is 1.94. The Morgan fingerprint density at radius 2 is 1.97 bits per heavy atom. The van der Waals surface area contributed by atoms with Crippen LogP contribution in [0.25, 0.3) is 0 Å². The molecule has 4 heterocycles. The molecule has 2 aromatic heterocycles. The molecule has 0 aliphatic carbocycles. The maximum Gasteiger partial charge on any atom is 0.226 e. The number of carbonyl (C=O) groups excluding carboxylic acids is 2. The van der Waals surface area contributed by atoms with Crippen LogP contribution in [-0.2, 0) is 36.2 Å². The number of likely N-dealkylation sites (tertiary alicyclic amines) is 1. The summed E-state index contributed by atoms with van der Waals surface area (Å²) in [6.07, 6.45) is 3.97. The Balaban J connectivity index is 1.42. The second-order valence-corrected chi connectivity index (χ2v) is 7.74. The minimum Gasteiger partial charge on any atom is -0.471 e. The number of aryl methyl sites for hydroxylation is 1. The number of hydrogen-bond acceptors (Lipinski definition) is 5. The third-order valence-electron chi connectivity index (χ3n) is 5.92. The van der Waals surface area contributed by atoms with Crippen molar-refractivity contribution >= 4 is 11.8 Å². The highest BCUT2D eigenvalue weighted by molar-refractivity contribution is 5.80. The maximum absolute atomic E-state index is 13.1. The molecule has 0 spiro atoms. The van der Waals surface area contributed by atoms with Gasteiger partial charge in [-0.2, -0.15) is 5.10 Å². The van der Waals surface area contributed by atoms with Crippen molar-refractivity contribution in [2.45, 2.75) is 39.3 Å². The first-order chi connectivity index (χ1) is 14.0. The van der Waals surface area contributed by atoms with Crippen molar-refractivity contribution in [1.29, 1.82) is 0 Å². The van der Waals surface area contributed by atoms with Crippen LogP contribution in [0, 0.1) is 5.92 Å². The van der Waals surface area contributed by atoms with Crippen molar-refractivity contribution in [2.24, 2.45) is 13.0 Å². The molecular formula is C21H27N5O3. The maximum atomic E-state index is 13.1. The third-order valence-corrected chi connectivity index (χ3v) is 5.92. The molecule has 1 saturated heterocycles. The van der Waals surface area contributed by atoms with E-state index in [4.69, 9.17) is 4.74 Å². The fraction of sp³-hybridized carbons (Fsp3) is 0.524. The van der Waals surface area contributed by atoms with E-state index in [-0.39, 0.29) is 17.7 Å². The lowest BCUT2D eigenvalue weighted by Gasteiger charge is -2.35. The van der Waals surface area contributed by atoms with Gasteiger partial charge in [0, 0.05) is 76.0 Å². The van der Waals surface area contributed by atoms with E-state index < -0.39 is 0 Å². The minimum atomic E-state index is -0.00274. The van der Waals surface area contributed by atoms with Gasteiger partial charge in [-0.25, -0.2) is 4.98 Å². The average molecular weight is 397 g/mol. The molecule has 0 radical (unpaired) electrons. The van der Waals surface area contributed by atoms with Gasteiger partial charge in [0.25, 0.3) is 0 Å². The van der Waals surface area contributed by atoms with E-state index in [1.807, 2.05) is 39.7 Å². The Kier molecular flexibility index (Phi) is 5.51. The molecule has 4 rings (SSSR count). The van der Waals surface area contributed by atoms with Crippen molar-refractivity contribution in [2.75, 3.05) is 19.6 Å². The Morgan fingerprint density at radius 3 is 2.66 bits per heavy atom. The zero-order chi connectivity index (χ0) is 20.4. The van der Waals surface area contributed by atoms with Gasteiger partial charge in [-0.05, 0) is 18.9 Å². The normalized spacial score (nSPS) is 17.2. The summed E-state index contributed by atoms with van der Waals surface area (Å²) in [5.41, 5.74) is 3.11. The van der Waals surface area contributed by atoms with E-state index in [1.165, 1.54) is 5.69 Å². The van der Waals surface area contributed by atoms with Gasteiger partial charge in [0.05, 0.1) is 0 Å². The fourth-order valence-electron chi connectivity index (χ4n) is 4.25. The average Bonchev–Trinajstić information content (AvgIpc) is 3.07. The number of ether oxygens (including phenoxy) is 1. The van der Waals surface area contributed by atoms with E-state index >= 15 is 0 Å². The standard InChI is InChI=1S/C21H27N5O3/c1-15(27)25-10-6-16(7-11-25)21(28)26-12-8-19-17(13-26)18(23-24(19)2)14-29-20-5-3-4-9-22-20/h3-5,9,16H,6-8,10-14H2,1-2H3. The highest BCUT2D eigenvalue weighted by Crippen LogP contribution is 2.27. The molecule has 2 amide bonds. The molecule has 29 heavy (non-hydrogen) atoms. The molecule has 0 unspecified atom stereocenters. The van der Waals surface area contributed by atoms with Crippen LogP contribution in [0.2, 0.25) is 0 Å². The summed E-state index contributed by atoms with van der Waals surface area (Å²) in [4.78, 5) is 32.6. The molecule has 2 aliphatic rings. The highest BCUT2D eigenvalue weighted by atomic mass is 16.5. The molecule has 0 atom stereocenters. The molecule has 0 saturated carbocycles. The number of aromatic nitrogens is 3. The molecular weight excluding hydrogens is 370 g/mol. The van der Waals surface area contributed by atoms with E-state index in [1.54, 1.807) is 13.1 Å². The largest absolute Gasteiger partial charge is 0.471 e. The molecule has 0 bridgehead atoms. The number of hydrogen-bond donors (Lipinski definition) is 0. The Bertz CT molecular complexity index is 887. The van der Waals surface area contributed by atoms with Gasteiger partial charge in [0.15, 0.2) is 0 Å². The number of rotatable bonds is 4. The van der Waals surface area contributed by atoms with E-state index in [0.717, 1.165) is 30.5 Å². The number of carbonyl (C=O) groups is 2. The van der Waals surface area contributed by atoms with Gasteiger partial charge in [-0.15, -0.1) is 0 Å². The first-order valence-corrected chi connectivity index (χ1v) is 10.1. The van der Waals surface area contributed by atoms with Crippen molar-refractivity contribution in [3.63, 3.8) is 0 Å². The molecule has 0 N–H and O–H groups in total. The van der Waals surface area contributed by atoms with Crippen molar-refractivity contribution in [3.8, 4) is 5.88 Å². The molecule has 0 aromatic carbocycles. The predicted octanol–water partition coefficient (Wildman–Crippen LogP) is 1.54. The summed E-state index contributed by atoms with van der Waals surface area (Å²) in [5, 5.41) is 4.62. The minimum absolute atomic E-state index is 0.00274. The lowest BCUT2D eigenvalue weighted by molar-refractivity contribution is -0.140. The van der Waals surface area contributed by atoms with Crippen LogP contribution in [0.1, 0.15) is 36.7 Å². The fourth-order valence-corrected chi connectivity index (χ4v) is 4.25. The van der Waals surface area contributed by atoms with Crippen LogP contribution < -0.4 is 4.74 Å². The molecule has 8 nitrogen and oxygen atoms in total. The summed E-state index contributed by atoms with van der Waals surface area (Å²) in [5.74, 6) is 0.843. The highest BCUT2D eigenvalue weighted by Gasteiger charge is 2.33. The molecule has 2 aromatic rings. The number of pyridine rings is 1. The SMILES string of the molecule is CC(=O)N1CCC(C(=O)N2CCc3c(c(COc4ccccn4)nn3C)C2)CC1. The molecule has 8 heteroatoms. The van der Waals surface area contributed by atoms with Gasteiger partial charge >= 0.3 is 0 Å². The molecule has 2 aliphatic heterocycles. The van der Waals surface area contributed by atoms with Gasteiger partial charge in [0.2, 0.25) is 17.7 Å². The summed E-state index contributed by atoms with van der Waals surface area (Å²) < 4.78 is 7.69. The van der Waals surface area contributed by atoms with Crippen LogP contribution in [0.3, 0.4) is 0 Å². The van der Waals surface area contributed by atoms with Crippen molar-refractivity contribution in [3.05, 3.63) is 41.3 Å². The lowest BCUT2D eigenvalue weighted by atomic mass is 9.94. The van der Waals surface area contributed by atoms with E-state index in [2.05, 4.69) is 10.1 Å². The van der Waals surface area contributed by atoms with Gasteiger partial charge in [-0.3, -0.25) is 14.3 Å². The zero-order valence-corrected chi connectivity index (χ0v) is 17.0. The zero-order valence-electron chi connectivity index (χ0n) is 17.0. The first kappa shape index (κ1) is 19.4. The van der Waals surface area contributed by atoms with E-state index in [9.17, 15) is 9.59 Å².